The maximum atomic E-state index is 12.1. The van der Waals surface area contributed by atoms with Gasteiger partial charge < -0.3 is 15.7 Å². The predicted octanol–water partition coefficient (Wildman–Crippen LogP) is 3.70. The first-order valence-corrected chi connectivity index (χ1v) is 8.06. The van der Waals surface area contributed by atoms with Crippen LogP contribution >= 0.6 is 11.3 Å². The van der Waals surface area contributed by atoms with Crippen LogP contribution in [0.1, 0.15) is 28.5 Å². The van der Waals surface area contributed by atoms with E-state index in [0.717, 1.165) is 21.7 Å². The molecule has 0 aliphatic carbocycles. The molecule has 4 nitrogen and oxygen atoms in total. The van der Waals surface area contributed by atoms with E-state index in [0.29, 0.717) is 0 Å². The molecule has 1 heterocycles. The fourth-order valence-electron chi connectivity index (χ4n) is 2.46. The first-order chi connectivity index (χ1) is 10.3. The number of anilines is 1. The third kappa shape index (κ3) is 3.87. The zero-order chi connectivity index (χ0) is 16.3. The Morgan fingerprint density at radius 3 is 2.45 bits per heavy atom. The molecule has 118 valence electrons. The zero-order valence-electron chi connectivity index (χ0n) is 13.4. The van der Waals surface area contributed by atoms with E-state index in [-0.39, 0.29) is 12.6 Å². The summed E-state index contributed by atoms with van der Waals surface area (Å²) in [5.41, 5.74) is 2.97. The van der Waals surface area contributed by atoms with Crippen LogP contribution < -0.4 is 10.6 Å². The van der Waals surface area contributed by atoms with Gasteiger partial charge in [0.15, 0.2) is 0 Å². The second-order valence-corrected chi connectivity index (χ2v) is 6.78. The highest BCUT2D eigenvalue weighted by Crippen LogP contribution is 2.25. The van der Waals surface area contributed by atoms with Crippen LogP contribution in [0, 0.1) is 20.8 Å². The van der Waals surface area contributed by atoms with E-state index in [2.05, 4.69) is 10.6 Å². The normalized spacial score (nSPS) is 13.5. The van der Waals surface area contributed by atoms with Crippen LogP contribution in [-0.2, 0) is 5.60 Å². The van der Waals surface area contributed by atoms with Crippen molar-refractivity contribution in [1.82, 2.24) is 5.32 Å². The topological polar surface area (TPSA) is 61.4 Å². The molecule has 0 saturated carbocycles. The van der Waals surface area contributed by atoms with Gasteiger partial charge in [0.05, 0.1) is 6.54 Å². The minimum absolute atomic E-state index is 0.156. The highest BCUT2D eigenvalue weighted by atomic mass is 32.1. The molecule has 2 rings (SSSR count). The Morgan fingerprint density at radius 1 is 1.27 bits per heavy atom. The van der Waals surface area contributed by atoms with Gasteiger partial charge in [0, 0.05) is 10.6 Å². The van der Waals surface area contributed by atoms with Crippen molar-refractivity contribution in [2.75, 3.05) is 11.9 Å². The highest BCUT2D eigenvalue weighted by Gasteiger charge is 2.24. The van der Waals surface area contributed by atoms with Crippen LogP contribution in [0.3, 0.4) is 0 Å². The van der Waals surface area contributed by atoms with Crippen molar-refractivity contribution < 1.29 is 9.90 Å². The molecule has 3 N–H and O–H groups in total. The second kappa shape index (κ2) is 6.50. The van der Waals surface area contributed by atoms with Crippen molar-refractivity contribution in [3.8, 4) is 0 Å². The fourth-order valence-corrected chi connectivity index (χ4v) is 3.25. The average Bonchev–Trinajstić information content (AvgIpc) is 2.95. The smallest absolute Gasteiger partial charge is 0.319 e. The Labute approximate surface area is 135 Å². The number of hydrogen-bond donors (Lipinski definition) is 3. The average molecular weight is 318 g/mol. The van der Waals surface area contributed by atoms with Gasteiger partial charge in [0.2, 0.25) is 0 Å². The molecule has 5 heteroatoms. The van der Waals surface area contributed by atoms with E-state index in [1.165, 1.54) is 16.9 Å². The first kappa shape index (κ1) is 16.5. The van der Waals surface area contributed by atoms with E-state index in [4.69, 9.17) is 0 Å². The Hall–Kier alpha value is -1.85. The summed E-state index contributed by atoms with van der Waals surface area (Å²) in [4.78, 5) is 12.9. The van der Waals surface area contributed by atoms with Crippen molar-refractivity contribution in [3.05, 3.63) is 51.2 Å². The van der Waals surface area contributed by atoms with E-state index in [1.54, 1.807) is 6.92 Å². The van der Waals surface area contributed by atoms with Crippen molar-refractivity contribution in [2.24, 2.45) is 0 Å². The fraction of sp³-hybridized carbons (Fsp3) is 0.353. The Balaban J connectivity index is 2.00. The van der Waals surface area contributed by atoms with Gasteiger partial charge in [-0.25, -0.2) is 4.79 Å². The van der Waals surface area contributed by atoms with Gasteiger partial charge in [0.25, 0.3) is 0 Å². The number of carbonyl (C=O) groups is 1. The number of rotatable bonds is 4. The molecule has 0 radical (unpaired) electrons. The minimum atomic E-state index is -1.07. The minimum Gasteiger partial charge on any atom is -0.383 e. The molecule has 0 fully saturated rings. The Morgan fingerprint density at radius 2 is 1.91 bits per heavy atom. The van der Waals surface area contributed by atoms with Crippen molar-refractivity contribution >= 4 is 23.1 Å². The van der Waals surface area contributed by atoms with Gasteiger partial charge in [-0.15, -0.1) is 11.3 Å². The lowest BCUT2D eigenvalue weighted by molar-refractivity contribution is 0.0637. The number of nitrogens with one attached hydrogen (secondary N) is 2. The molecule has 1 unspecified atom stereocenters. The predicted molar refractivity (Wildman–Crippen MR) is 91.6 cm³/mol. The van der Waals surface area contributed by atoms with Gasteiger partial charge in [-0.1, -0.05) is 23.8 Å². The summed E-state index contributed by atoms with van der Waals surface area (Å²) in [5.74, 6) is 0. The van der Waals surface area contributed by atoms with Gasteiger partial charge in [-0.2, -0.15) is 0 Å². The molecular formula is C17H22N2O2S. The number of carbonyl (C=O) groups excluding carboxylic acids is 1. The van der Waals surface area contributed by atoms with Gasteiger partial charge in [0.1, 0.15) is 5.60 Å². The van der Waals surface area contributed by atoms with Gasteiger partial charge in [-0.3, -0.25) is 0 Å². The third-order valence-corrected chi connectivity index (χ3v) is 4.68. The molecule has 1 aromatic carbocycles. The van der Waals surface area contributed by atoms with Crippen molar-refractivity contribution in [1.29, 1.82) is 0 Å². The van der Waals surface area contributed by atoms with E-state index >= 15 is 0 Å². The molecule has 0 bridgehead atoms. The van der Waals surface area contributed by atoms with Crippen LogP contribution in [-0.4, -0.2) is 17.7 Å². The summed E-state index contributed by atoms with van der Waals surface area (Å²) in [6.07, 6.45) is 0. The van der Waals surface area contributed by atoms with Crippen LogP contribution in [0.2, 0.25) is 0 Å². The quantitative estimate of drug-likeness (QED) is 0.805. The Bertz CT molecular complexity index is 640. The second-order valence-electron chi connectivity index (χ2n) is 5.83. The van der Waals surface area contributed by atoms with E-state index in [9.17, 15) is 9.90 Å². The zero-order valence-corrected chi connectivity index (χ0v) is 14.2. The lowest BCUT2D eigenvalue weighted by Gasteiger charge is -2.22. The molecule has 0 spiro atoms. The largest absolute Gasteiger partial charge is 0.383 e. The Kier molecular flexibility index (Phi) is 4.88. The maximum Gasteiger partial charge on any atom is 0.319 e. The molecule has 2 aromatic rings. The number of benzene rings is 1. The maximum absolute atomic E-state index is 12.1. The monoisotopic (exact) mass is 318 g/mol. The summed E-state index contributed by atoms with van der Waals surface area (Å²) in [6, 6.07) is 7.49. The number of aryl methyl sites for hydroxylation is 3. The van der Waals surface area contributed by atoms with E-state index < -0.39 is 5.60 Å². The number of hydrogen-bond acceptors (Lipinski definition) is 3. The molecule has 0 aliphatic heterocycles. The lowest BCUT2D eigenvalue weighted by Crippen LogP contribution is -2.40. The molecule has 2 amide bonds. The van der Waals surface area contributed by atoms with E-state index in [1.807, 2.05) is 50.4 Å². The molecule has 0 saturated heterocycles. The highest BCUT2D eigenvalue weighted by molar-refractivity contribution is 7.10. The van der Waals surface area contributed by atoms with Gasteiger partial charge in [-0.05, 0) is 50.3 Å². The SMILES string of the molecule is Cc1cc(C)c(NC(=O)NCC(C)(O)c2cccs2)c(C)c1. The number of aliphatic hydroxyl groups is 1. The van der Waals surface area contributed by atoms with Crippen LogP contribution in [0.15, 0.2) is 29.6 Å². The van der Waals surface area contributed by atoms with Crippen LogP contribution in [0.4, 0.5) is 10.5 Å². The van der Waals surface area contributed by atoms with Gasteiger partial charge >= 0.3 is 6.03 Å². The number of amides is 2. The molecule has 22 heavy (non-hydrogen) atoms. The standard InChI is InChI=1S/C17H22N2O2S/c1-11-8-12(2)15(13(3)9-11)19-16(20)18-10-17(4,21)14-6-5-7-22-14/h5-9,21H,10H2,1-4H3,(H2,18,19,20). The summed E-state index contributed by atoms with van der Waals surface area (Å²) < 4.78 is 0. The summed E-state index contributed by atoms with van der Waals surface area (Å²) in [5, 5.41) is 17.9. The molecule has 1 aromatic heterocycles. The third-order valence-electron chi connectivity index (χ3n) is 3.56. The summed E-state index contributed by atoms with van der Waals surface area (Å²) in [6.45, 7) is 7.82. The number of thiophene rings is 1. The molecule has 1 atom stereocenters. The van der Waals surface area contributed by atoms with Crippen molar-refractivity contribution in [2.45, 2.75) is 33.3 Å². The van der Waals surface area contributed by atoms with Crippen LogP contribution in [0.5, 0.6) is 0 Å². The molecular weight excluding hydrogens is 296 g/mol. The van der Waals surface area contributed by atoms with Crippen LogP contribution in [0.25, 0.3) is 0 Å². The first-order valence-electron chi connectivity index (χ1n) is 7.18. The summed E-state index contributed by atoms with van der Waals surface area (Å²) >= 11 is 1.47. The lowest BCUT2D eigenvalue weighted by atomic mass is 10.0. The van der Waals surface area contributed by atoms with Crippen molar-refractivity contribution in [3.63, 3.8) is 0 Å². The molecule has 0 aliphatic rings. The number of urea groups is 1. The summed E-state index contributed by atoms with van der Waals surface area (Å²) in [7, 11) is 0.